The van der Waals surface area contributed by atoms with Gasteiger partial charge in [-0.25, -0.2) is 9.78 Å². The quantitative estimate of drug-likeness (QED) is 0.152. The summed E-state index contributed by atoms with van der Waals surface area (Å²) in [6.45, 7) is 0. The van der Waals surface area contributed by atoms with E-state index in [0.29, 0.717) is 0 Å². The second-order valence-electron chi connectivity index (χ2n) is 11.5. The van der Waals surface area contributed by atoms with Gasteiger partial charge in [0.05, 0.1) is 0 Å². The molecule has 0 radical (unpaired) electrons. The maximum absolute atomic E-state index is 15.1. The molecule has 5 aromatic rings. The normalized spacial score (nSPS) is 22.1. The van der Waals surface area contributed by atoms with Gasteiger partial charge < -0.3 is 9.13 Å². The number of benzene rings is 5. The lowest BCUT2D eigenvalue weighted by molar-refractivity contribution is -0.410. The van der Waals surface area contributed by atoms with Gasteiger partial charge in [0, 0.05) is 43.7 Å². The summed E-state index contributed by atoms with van der Waals surface area (Å²) in [4.78, 5) is 12.0. The number of rotatable bonds is 6. The van der Waals surface area contributed by atoms with Crippen LogP contribution < -0.4 is 26.5 Å². The Balaban J connectivity index is 1.23. The lowest BCUT2D eigenvalue weighted by Crippen LogP contribution is -2.41. The molecule has 216 valence electrons. The zero-order chi connectivity index (χ0) is 29.7. The largest absolute Gasteiger partial charge is 0.309 e. The van der Waals surface area contributed by atoms with Gasteiger partial charge >= 0.3 is 0 Å². The fourth-order valence-electron chi connectivity index (χ4n) is 6.98. The molecule has 4 atom stereocenters. The third-order valence-electron chi connectivity index (χ3n) is 9.15. The Kier molecular flexibility index (Phi) is 6.78. The Bertz CT molecular complexity index is 1900. The van der Waals surface area contributed by atoms with Crippen LogP contribution in [0.1, 0.15) is 23.3 Å². The number of hydrogen-bond acceptors (Lipinski definition) is 4. The van der Waals surface area contributed by atoms with Gasteiger partial charge in [-0.15, -0.1) is 0 Å². The van der Waals surface area contributed by atoms with Gasteiger partial charge in [-0.05, 0) is 17.2 Å². The van der Waals surface area contributed by atoms with E-state index in [-0.39, 0.29) is 24.0 Å². The Hall–Kier alpha value is -4.04. The maximum atomic E-state index is 15.1. The van der Waals surface area contributed by atoms with Gasteiger partial charge in [0.15, 0.2) is 14.3 Å². The Morgan fingerprint density at radius 1 is 0.455 bits per heavy atom. The van der Waals surface area contributed by atoms with Crippen LogP contribution in [0.4, 0.5) is 0 Å². The molecule has 0 aromatic heterocycles. The van der Waals surface area contributed by atoms with Crippen LogP contribution in [0.2, 0.25) is 0 Å². The van der Waals surface area contributed by atoms with Gasteiger partial charge in [-0.3, -0.25) is 0 Å². The summed E-state index contributed by atoms with van der Waals surface area (Å²) in [6, 6.07) is 45.0. The van der Waals surface area contributed by atoms with Crippen molar-refractivity contribution in [2.75, 3.05) is 0 Å². The van der Waals surface area contributed by atoms with Crippen LogP contribution in [0.3, 0.4) is 0 Å². The van der Waals surface area contributed by atoms with Crippen LogP contribution in [-0.2, 0) is 18.9 Å². The van der Waals surface area contributed by atoms with Crippen LogP contribution in [0, 0.1) is 11.8 Å². The number of allylic oxidation sites excluding steroid dienone is 2. The molecular formula is C38H30O4P2. The first-order valence-corrected chi connectivity index (χ1v) is 18.3. The fraction of sp³-hybridized carbons (Fsp3) is 0.105. The minimum absolute atomic E-state index is 0.00640. The Labute approximate surface area is 257 Å². The van der Waals surface area contributed by atoms with Gasteiger partial charge in [0.2, 0.25) is 0 Å². The molecule has 2 aliphatic carbocycles. The van der Waals surface area contributed by atoms with E-state index in [1.165, 1.54) is 0 Å². The van der Waals surface area contributed by atoms with Crippen molar-refractivity contribution in [3.05, 3.63) is 174 Å². The van der Waals surface area contributed by atoms with Crippen LogP contribution in [0.5, 0.6) is 0 Å². The molecule has 5 aromatic carbocycles. The molecule has 6 heteroatoms. The zero-order valence-electron chi connectivity index (χ0n) is 23.8. The van der Waals surface area contributed by atoms with Gasteiger partial charge in [0.25, 0.3) is 0 Å². The third kappa shape index (κ3) is 4.21. The first kappa shape index (κ1) is 27.5. The van der Waals surface area contributed by atoms with Crippen LogP contribution >= 0.6 is 14.3 Å². The molecule has 2 bridgehead atoms. The summed E-state index contributed by atoms with van der Waals surface area (Å²) < 4.78 is 30.2. The van der Waals surface area contributed by atoms with E-state index < -0.39 is 14.3 Å². The molecule has 9 rings (SSSR count). The fourth-order valence-corrected chi connectivity index (χ4v) is 12.4. The minimum Gasteiger partial charge on any atom is -0.309 e. The van der Waals surface area contributed by atoms with E-state index in [1.54, 1.807) is 0 Å². The first-order chi connectivity index (χ1) is 21.6. The molecule has 44 heavy (non-hydrogen) atoms. The van der Waals surface area contributed by atoms with Gasteiger partial charge in [-0.2, -0.15) is 0 Å². The summed E-state index contributed by atoms with van der Waals surface area (Å²) in [5, 5.41) is 4.79. The molecule has 1 fully saturated rings. The third-order valence-corrected chi connectivity index (χ3v) is 15.3. The SMILES string of the molecule is O=P(C1=CC2C3OOC(c4cc(P(=O)(c5ccccc5)c5ccccc5)ccc43)C2C=C1)(c1ccccc1)c1ccccc1. The van der Waals surface area contributed by atoms with Crippen molar-refractivity contribution >= 4 is 40.8 Å². The highest BCUT2D eigenvalue weighted by Crippen LogP contribution is 2.60. The molecule has 0 saturated carbocycles. The molecule has 0 amide bonds. The van der Waals surface area contributed by atoms with E-state index in [9.17, 15) is 0 Å². The average molecular weight is 613 g/mol. The Morgan fingerprint density at radius 2 is 0.909 bits per heavy atom. The van der Waals surface area contributed by atoms with Crippen molar-refractivity contribution < 1.29 is 18.9 Å². The smallest absolute Gasteiger partial charge is 0.171 e. The molecular weight excluding hydrogens is 582 g/mol. The topological polar surface area (TPSA) is 52.6 Å². The summed E-state index contributed by atoms with van der Waals surface area (Å²) in [5.74, 6) is -0.0593. The highest BCUT2D eigenvalue weighted by molar-refractivity contribution is 7.85. The van der Waals surface area contributed by atoms with Crippen LogP contribution in [-0.4, -0.2) is 0 Å². The van der Waals surface area contributed by atoms with Crippen molar-refractivity contribution in [1.29, 1.82) is 0 Å². The molecule has 4 nitrogen and oxygen atoms in total. The zero-order valence-corrected chi connectivity index (χ0v) is 25.6. The molecule has 0 spiro atoms. The van der Waals surface area contributed by atoms with Gasteiger partial charge in [0.1, 0.15) is 12.2 Å². The van der Waals surface area contributed by atoms with Gasteiger partial charge in [-0.1, -0.05) is 152 Å². The van der Waals surface area contributed by atoms with Crippen molar-refractivity contribution in [1.82, 2.24) is 0 Å². The predicted molar refractivity (Wildman–Crippen MR) is 177 cm³/mol. The highest BCUT2D eigenvalue weighted by atomic mass is 31.2. The van der Waals surface area contributed by atoms with E-state index in [1.807, 2.05) is 133 Å². The van der Waals surface area contributed by atoms with E-state index >= 15 is 9.13 Å². The molecule has 4 unspecified atom stereocenters. The summed E-state index contributed by atoms with van der Waals surface area (Å²) in [5.41, 5.74) is 2.03. The second-order valence-corrected chi connectivity index (χ2v) is 17.0. The summed E-state index contributed by atoms with van der Waals surface area (Å²) in [7, 11) is -6.27. The predicted octanol–water partition coefficient (Wildman–Crippen LogP) is 7.08. The van der Waals surface area contributed by atoms with Crippen molar-refractivity contribution in [2.45, 2.75) is 12.2 Å². The minimum atomic E-state index is -3.14. The van der Waals surface area contributed by atoms with E-state index in [2.05, 4.69) is 24.3 Å². The second kappa shape index (κ2) is 10.8. The summed E-state index contributed by atoms with van der Waals surface area (Å²) in [6.07, 6.45) is 5.57. The van der Waals surface area contributed by atoms with E-state index in [0.717, 1.165) is 43.0 Å². The molecule has 2 heterocycles. The van der Waals surface area contributed by atoms with Crippen molar-refractivity contribution in [2.24, 2.45) is 11.8 Å². The van der Waals surface area contributed by atoms with Crippen LogP contribution in [0.25, 0.3) is 0 Å². The summed E-state index contributed by atoms with van der Waals surface area (Å²) >= 11 is 0. The highest BCUT2D eigenvalue weighted by Gasteiger charge is 2.50. The van der Waals surface area contributed by atoms with Crippen molar-refractivity contribution in [3.63, 3.8) is 0 Å². The average Bonchev–Trinajstić information content (AvgIpc) is 3.12. The van der Waals surface area contributed by atoms with E-state index in [4.69, 9.17) is 9.78 Å². The molecule has 1 saturated heterocycles. The maximum Gasteiger partial charge on any atom is 0.171 e. The van der Waals surface area contributed by atoms with Crippen molar-refractivity contribution in [3.8, 4) is 0 Å². The molecule has 4 aliphatic rings. The lowest BCUT2D eigenvalue weighted by Gasteiger charge is -2.47. The first-order valence-electron chi connectivity index (χ1n) is 14.9. The van der Waals surface area contributed by atoms with Crippen LogP contribution in [0.15, 0.2) is 163 Å². The molecule has 0 N–H and O–H groups in total. The number of fused-ring (bicyclic) bond motifs is 1. The lowest BCUT2D eigenvalue weighted by atomic mass is 9.70. The number of hydrogen-bond donors (Lipinski definition) is 0. The molecule has 2 aliphatic heterocycles. The standard InChI is InChI=1S/C38H30O4P2/c39-43(27-13-5-1-6-14-27,28-15-7-2-8-16-28)31-21-23-33-35(25-31)37-34-24-22-32(26-36(34)38(33)42-41-37)44(40,29-17-9-3-10-18-29)30-19-11-4-12-20-30/h1-26,33,35,37-38H. The monoisotopic (exact) mass is 612 g/mol. The Morgan fingerprint density at radius 3 is 1.41 bits per heavy atom.